The molecule has 0 bridgehead atoms. The molecule has 0 radical (unpaired) electrons. The zero-order chi connectivity index (χ0) is 12.4. The van der Waals surface area contributed by atoms with E-state index >= 15 is 0 Å². The number of anilines is 2. The number of hydrogen-bond donors (Lipinski definition) is 3. The van der Waals surface area contributed by atoms with Crippen molar-refractivity contribution < 1.29 is 0 Å². The Labute approximate surface area is 106 Å². The van der Waals surface area contributed by atoms with Gasteiger partial charge in [0.15, 0.2) is 0 Å². The number of aromatic nitrogens is 2. The molecule has 3 rings (SSSR count). The van der Waals surface area contributed by atoms with Crippen molar-refractivity contribution in [3.8, 4) is 0 Å². The molecule has 2 aromatic rings. The number of nitrogen functional groups attached to an aromatic ring is 1. The minimum Gasteiger partial charge on any atom is -0.367 e. The van der Waals surface area contributed by atoms with E-state index in [0.29, 0.717) is 12.0 Å². The van der Waals surface area contributed by atoms with Gasteiger partial charge >= 0.3 is 0 Å². The molecule has 1 fully saturated rings. The number of rotatable bonds is 3. The van der Waals surface area contributed by atoms with Crippen molar-refractivity contribution in [2.45, 2.75) is 31.7 Å². The molecule has 5 heteroatoms. The van der Waals surface area contributed by atoms with Gasteiger partial charge in [0.25, 0.3) is 0 Å². The molecule has 1 saturated carbocycles. The smallest absolute Gasteiger partial charge is 0.239 e. The zero-order valence-electron chi connectivity index (χ0n) is 10.2. The van der Waals surface area contributed by atoms with Crippen LogP contribution in [0, 0.1) is 0 Å². The van der Waals surface area contributed by atoms with Crippen LogP contribution in [0.4, 0.5) is 11.8 Å². The van der Waals surface area contributed by atoms with Gasteiger partial charge in [-0.15, -0.1) is 0 Å². The van der Waals surface area contributed by atoms with Gasteiger partial charge in [0.05, 0.1) is 5.52 Å². The Morgan fingerprint density at radius 1 is 1.11 bits per heavy atom. The van der Waals surface area contributed by atoms with E-state index in [-0.39, 0.29) is 0 Å². The number of benzene rings is 1. The number of nitrogens with one attached hydrogen (secondary N) is 2. The summed E-state index contributed by atoms with van der Waals surface area (Å²) >= 11 is 0. The summed E-state index contributed by atoms with van der Waals surface area (Å²) in [6.45, 7) is 0. The molecule has 1 aromatic carbocycles. The first-order valence-electron chi connectivity index (χ1n) is 6.37. The Morgan fingerprint density at radius 2 is 1.89 bits per heavy atom. The lowest BCUT2D eigenvalue weighted by molar-refractivity contribution is 0.751. The van der Waals surface area contributed by atoms with Gasteiger partial charge < -0.3 is 5.32 Å². The molecule has 0 aliphatic heterocycles. The number of nitrogens with two attached hydrogens (primary N) is 1. The van der Waals surface area contributed by atoms with Gasteiger partial charge in [0, 0.05) is 11.4 Å². The van der Waals surface area contributed by atoms with E-state index in [9.17, 15) is 0 Å². The van der Waals surface area contributed by atoms with Crippen LogP contribution < -0.4 is 16.6 Å². The Balaban J connectivity index is 2.01. The third-order valence-corrected chi connectivity index (χ3v) is 3.43. The van der Waals surface area contributed by atoms with Crippen LogP contribution in [0.5, 0.6) is 0 Å². The van der Waals surface area contributed by atoms with Crippen molar-refractivity contribution in [1.29, 1.82) is 0 Å². The first-order chi connectivity index (χ1) is 8.86. The van der Waals surface area contributed by atoms with Crippen molar-refractivity contribution in [2.75, 3.05) is 10.7 Å². The second-order valence-electron chi connectivity index (χ2n) is 4.68. The minimum atomic E-state index is 0.453. The van der Waals surface area contributed by atoms with Gasteiger partial charge in [-0.05, 0) is 25.0 Å². The second kappa shape index (κ2) is 4.78. The Kier molecular flexibility index (Phi) is 2.98. The zero-order valence-corrected chi connectivity index (χ0v) is 10.2. The summed E-state index contributed by atoms with van der Waals surface area (Å²) in [5.74, 6) is 6.74. The summed E-state index contributed by atoms with van der Waals surface area (Å²) < 4.78 is 0. The van der Waals surface area contributed by atoms with E-state index in [4.69, 9.17) is 5.84 Å². The van der Waals surface area contributed by atoms with Crippen LogP contribution in [0.2, 0.25) is 0 Å². The topological polar surface area (TPSA) is 75.9 Å². The number of hydrogen-bond acceptors (Lipinski definition) is 5. The standard InChI is InChI=1S/C13H17N5/c14-18-13-16-11-8-4-3-7-10(11)12(17-13)15-9-5-1-2-6-9/h3-4,7-9H,1-2,5-6,14H2,(H2,15,16,17,18). The summed E-state index contributed by atoms with van der Waals surface area (Å²) in [7, 11) is 0. The predicted octanol–water partition coefficient (Wildman–Crippen LogP) is 2.27. The van der Waals surface area contributed by atoms with E-state index in [2.05, 4.69) is 20.7 Å². The predicted molar refractivity (Wildman–Crippen MR) is 73.2 cm³/mol. The third kappa shape index (κ3) is 2.09. The highest BCUT2D eigenvalue weighted by molar-refractivity contribution is 5.90. The first kappa shape index (κ1) is 11.2. The molecule has 0 unspecified atom stereocenters. The fraction of sp³-hybridized carbons (Fsp3) is 0.385. The lowest BCUT2D eigenvalue weighted by Gasteiger charge is -2.15. The molecule has 5 nitrogen and oxygen atoms in total. The molecule has 0 atom stereocenters. The van der Waals surface area contributed by atoms with Gasteiger partial charge in [0.1, 0.15) is 5.82 Å². The normalized spacial score (nSPS) is 16.1. The summed E-state index contributed by atoms with van der Waals surface area (Å²) in [5.41, 5.74) is 3.43. The summed E-state index contributed by atoms with van der Waals surface area (Å²) in [6.07, 6.45) is 5.01. The second-order valence-corrected chi connectivity index (χ2v) is 4.68. The van der Waals surface area contributed by atoms with E-state index in [0.717, 1.165) is 16.7 Å². The SMILES string of the molecule is NNc1nc(NC2CCCC2)c2ccccc2n1. The average molecular weight is 243 g/mol. The lowest BCUT2D eigenvalue weighted by atomic mass is 10.2. The van der Waals surface area contributed by atoms with Gasteiger partial charge in [-0.25, -0.2) is 10.8 Å². The number of nitrogens with zero attached hydrogens (tertiary/aromatic N) is 2. The fourth-order valence-corrected chi connectivity index (χ4v) is 2.51. The van der Waals surface area contributed by atoms with Gasteiger partial charge in [0.2, 0.25) is 5.95 Å². The maximum Gasteiger partial charge on any atom is 0.239 e. The lowest BCUT2D eigenvalue weighted by Crippen LogP contribution is -2.18. The summed E-state index contributed by atoms with van der Waals surface area (Å²) in [4.78, 5) is 8.77. The molecule has 1 aliphatic rings. The van der Waals surface area contributed by atoms with Crippen LogP contribution in [0.3, 0.4) is 0 Å². The number of fused-ring (bicyclic) bond motifs is 1. The van der Waals surface area contributed by atoms with Crippen LogP contribution in [0.15, 0.2) is 24.3 Å². The third-order valence-electron chi connectivity index (χ3n) is 3.43. The van der Waals surface area contributed by atoms with Crippen LogP contribution in [-0.2, 0) is 0 Å². The average Bonchev–Trinajstić information content (AvgIpc) is 2.91. The fourth-order valence-electron chi connectivity index (χ4n) is 2.51. The quantitative estimate of drug-likeness (QED) is 0.569. The Morgan fingerprint density at radius 3 is 2.67 bits per heavy atom. The number of hydrazine groups is 1. The van der Waals surface area contributed by atoms with Gasteiger partial charge in [-0.1, -0.05) is 25.0 Å². The molecule has 0 spiro atoms. The molecule has 0 amide bonds. The van der Waals surface area contributed by atoms with E-state index in [1.54, 1.807) is 0 Å². The molecule has 0 saturated heterocycles. The van der Waals surface area contributed by atoms with Crippen molar-refractivity contribution >= 4 is 22.7 Å². The highest BCUT2D eigenvalue weighted by Gasteiger charge is 2.16. The molecule has 1 heterocycles. The molecule has 1 aliphatic carbocycles. The van der Waals surface area contributed by atoms with E-state index in [1.165, 1.54) is 25.7 Å². The van der Waals surface area contributed by atoms with Crippen molar-refractivity contribution in [1.82, 2.24) is 9.97 Å². The van der Waals surface area contributed by atoms with E-state index < -0.39 is 0 Å². The molecular formula is C13H17N5. The van der Waals surface area contributed by atoms with Crippen molar-refractivity contribution in [3.05, 3.63) is 24.3 Å². The van der Waals surface area contributed by atoms with Crippen LogP contribution in [0.25, 0.3) is 10.9 Å². The van der Waals surface area contributed by atoms with Crippen LogP contribution in [0.1, 0.15) is 25.7 Å². The molecule has 1 aromatic heterocycles. The molecular weight excluding hydrogens is 226 g/mol. The highest BCUT2D eigenvalue weighted by atomic mass is 15.3. The molecule has 94 valence electrons. The maximum absolute atomic E-state index is 5.42. The van der Waals surface area contributed by atoms with Crippen LogP contribution in [-0.4, -0.2) is 16.0 Å². The minimum absolute atomic E-state index is 0.453. The highest BCUT2D eigenvalue weighted by Crippen LogP contribution is 2.26. The first-order valence-corrected chi connectivity index (χ1v) is 6.37. The summed E-state index contributed by atoms with van der Waals surface area (Å²) in [5, 5.41) is 4.56. The molecule has 18 heavy (non-hydrogen) atoms. The largest absolute Gasteiger partial charge is 0.367 e. The molecule has 4 N–H and O–H groups in total. The van der Waals surface area contributed by atoms with Crippen molar-refractivity contribution in [3.63, 3.8) is 0 Å². The Bertz CT molecular complexity index is 548. The van der Waals surface area contributed by atoms with Gasteiger partial charge in [-0.2, -0.15) is 4.98 Å². The number of para-hydroxylation sites is 1. The van der Waals surface area contributed by atoms with E-state index in [1.807, 2.05) is 24.3 Å². The maximum atomic E-state index is 5.42. The Hall–Kier alpha value is -1.88. The monoisotopic (exact) mass is 243 g/mol. The summed E-state index contributed by atoms with van der Waals surface area (Å²) in [6, 6.07) is 8.50. The van der Waals surface area contributed by atoms with Crippen molar-refractivity contribution in [2.24, 2.45) is 5.84 Å². The van der Waals surface area contributed by atoms with Gasteiger partial charge in [-0.3, -0.25) is 5.43 Å². The van der Waals surface area contributed by atoms with Crippen LogP contribution >= 0.6 is 0 Å².